The summed E-state index contributed by atoms with van der Waals surface area (Å²) in [7, 11) is 0. The lowest BCUT2D eigenvalue weighted by atomic mass is 9.86. The molecule has 0 heterocycles. The molecule has 0 saturated heterocycles. The molecule has 0 radical (unpaired) electrons. The van der Waals surface area contributed by atoms with E-state index in [1.807, 2.05) is 6.07 Å². The number of halogens is 2. The van der Waals surface area contributed by atoms with Crippen LogP contribution >= 0.6 is 45.5 Å². The fourth-order valence-electron chi connectivity index (χ4n) is 1.21. The Hall–Kier alpha value is 0.350. The number of hydrogen-bond donors (Lipinski definition) is 0. The summed E-state index contributed by atoms with van der Waals surface area (Å²) < 4.78 is 5.45. The van der Waals surface area contributed by atoms with Crippen LogP contribution < -0.4 is 0 Å². The Morgan fingerprint density at radius 3 is 2.29 bits per heavy atom. The van der Waals surface area contributed by atoms with E-state index in [4.69, 9.17) is 0 Å². The van der Waals surface area contributed by atoms with Crippen LogP contribution in [0.15, 0.2) is 33.5 Å². The Kier molecular flexibility index (Phi) is 4.82. The van der Waals surface area contributed by atoms with Crippen molar-refractivity contribution in [3.63, 3.8) is 0 Å². The molecule has 76 valence electrons. The van der Waals surface area contributed by atoms with E-state index >= 15 is 0 Å². The van der Waals surface area contributed by atoms with Crippen LogP contribution in [-0.4, -0.2) is 10.1 Å². The van der Waals surface area contributed by atoms with Gasteiger partial charge in [0.05, 0.1) is 28.6 Å². The first-order valence-electron chi connectivity index (χ1n) is 4.42. The number of rotatable bonds is 3. The SMILES string of the molecule is CC(C)(CI)/C(=N/I)c1ccccc1. The van der Waals surface area contributed by atoms with Crippen LogP contribution in [0.25, 0.3) is 0 Å². The van der Waals surface area contributed by atoms with Gasteiger partial charge in [0.1, 0.15) is 0 Å². The molecule has 0 atom stereocenters. The van der Waals surface area contributed by atoms with Crippen molar-refractivity contribution in [2.45, 2.75) is 13.8 Å². The Morgan fingerprint density at radius 2 is 1.86 bits per heavy atom. The van der Waals surface area contributed by atoms with E-state index in [2.05, 4.69) is 86.8 Å². The topological polar surface area (TPSA) is 12.4 Å². The van der Waals surface area contributed by atoms with Gasteiger partial charge < -0.3 is 0 Å². The highest BCUT2D eigenvalue weighted by molar-refractivity contribution is 14.1. The molecule has 3 heteroatoms. The zero-order valence-electron chi connectivity index (χ0n) is 8.30. The molecule has 1 aromatic rings. The summed E-state index contributed by atoms with van der Waals surface area (Å²) in [5.74, 6) is 0. The van der Waals surface area contributed by atoms with Crippen molar-refractivity contribution in [3.8, 4) is 0 Å². The summed E-state index contributed by atoms with van der Waals surface area (Å²) in [5.41, 5.74) is 2.54. The molecule has 1 nitrogen and oxygen atoms in total. The first-order valence-corrected chi connectivity index (χ1v) is 6.91. The molecule has 0 fully saturated rings. The highest BCUT2D eigenvalue weighted by atomic mass is 127. The molecule has 0 spiro atoms. The third-order valence-corrected chi connectivity index (χ3v) is 4.50. The third kappa shape index (κ3) is 2.92. The van der Waals surface area contributed by atoms with Gasteiger partial charge in [-0.15, -0.1) is 0 Å². The van der Waals surface area contributed by atoms with Gasteiger partial charge in [-0.1, -0.05) is 66.8 Å². The maximum absolute atomic E-state index is 4.38. The fourth-order valence-corrected chi connectivity index (χ4v) is 2.51. The largest absolute Gasteiger partial charge is 0.219 e. The van der Waals surface area contributed by atoms with E-state index in [1.54, 1.807) is 0 Å². The second-order valence-electron chi connectivity index (χ2n) is 3.82. The summed E-state index contributed by atoms with van der Waals surface area (Å²) in [6.45, 7) is 4.45. The van der Waals surface area contributed by atoms with Gasteiger partial charge in [0.25, 0.3) is 0 Å². The lowest BCUT2D eigenvalue weighted by molar-refractivity contribution is 0.617. The molecule has 0 saturated carbocycles. The molecule has 0 bridgehead atoms. The summed E-state index contributed by atoms with van der Waals surface area (Å²) >= 11 is 4.50. The summed E-state index contributed by atoms with van der Waals surface area (Å²) in [5, 5.41) is 0. The third-order valence-electron chi connectivity index (χ3n) is 2.11. The molecule has 0 unspecified atom stereocenters. The molecule has 1 aromatic carbocycles. The fraction of sp³-hybridized carbons (Fsp3) is 0.364. The van der Waals surface area contributed by atoms with E-state index in [0.29, 0.717) is 0 Å². The second-order valence-corrected chi connectivity index (χ2v) is 5.06. The van der Waals surface area contributed by atoms with E-state index in [0.717, 1.165) is 4.43 Å². The molecule has 0 N–H and O–H groups in total. The minimum absolute atomic E-state index is 0.142. The lowest BCUT2D eigenvalue weighted by Gasteiger charge is -2.23. The maximum atomic E-state index is 4.38. The van der Waals surface area contributed by atoms with Crippen molar-refractivity contribution in [1.82, 2.24) is 0 Å². The lowest BCUT2D eigenvalue weighted by Crippen LogP contribution is -2.26. The van der Waals surface area contributed by atoms with Crippen LogP contribution in [0.5, 0.6) is 0 Å². The Bertz CT molecular complexity index is 317. The van der Waals surface area contributed by atoms with Crippen molar-refractivity contribution in [2.75, 3.05) is 4.43 Å². The monoisotopic (exact) mass is 413 g/mol. The summed E-state index contributed by atoms with van der Waals surface area (Å²) in [6, 6.07) is 10.4. The van der Waals surface area contributed by atoms with Crippen LogP contribution in [0.2, 0.25) is 0 Å². The molecule has 0 aromatic heterocycles. The zero-order chi connectivity index (χ0) is 10.6. The number of hydrogen-bond acceptors (Lipinski definition) is 1. The van der Waals surface area contributed by atoms with Crippen molar-refractivity contribution >= 4 is 51.2 Å². The highest BCUT2D eigenvalue weighted by Crippen LogP contribution is 2.26. The average molecular weight is 413 g/mol. The Labute approximate surface area is 113 Å². The smallest absolute Gasteiger partial charge is 0.0834 e. The number of alkyl halides is 1. The van der Waals surface area contributed by atoms with Gasteiger partial charge in [-0.05, 0) is 5.56 Å². The van der Waals surface area contributed by atoms with Gasteiger partial charge in [-0.2, -0.15) is 0 Å². The van der Waals surface area contributed by atoms with Crippen molar-refractivity contribution < 1.29 is 0 Å². The summed E-state index contributed by atoms with van der Waals surface area (Å²) in [4.78, 5) is 0. The van der Waals surface area contributed by atoms with E-state index in [1.165, 1.54) is 11.3 Å². The van der Waals surface area contributed by atoms with Gasteiger partial charge in [-0.25, -0.2) is 3.21 Å². The van der Waals surface area contributed by atoms with Gasteiger partial charge in [0.2, 0.25) is 0 Å². The molecule has 0 aliphatic rings. The first-order chi connectivity index (χ1) is 6.61. The van der Waals surface area contributed by atoms with Crippen molar-refractivity contribution in [1.29, 1.82) is 0 Å². The van der Waals surface area contributed by atoms with Crippen LogP contribution in [0, 0.1) is 5.41 Å². The van der Waals surface area contributed by atoms with Gasteiger partial charge >= 0.3 is 0 Å². The second kappa shape index (κ2) is 5.44. The molecular weight excluding hydrogens is 400 g/mol. The van der Waals surface area contributed by atoms with Crippen LogP contribution in [-0.2, 0) is 0 Å². The minimum Gasteiger partial charge on any atom is -0.219 e. The molecular formula is C11H13I2N. The molecule has 1 rings (SSSR count). The predicted octanol–water partition coefficient (Wildman–Crippen LogP) is 4.29. The molecule has 0 aliphatic heterocycles. The van der Waals surface area contributed by atoms with E-state index in [9.17, 15) is 0 Å². The van der Waals surface area contributed by atoms with Crippen molar-refractivity contribution in [3.05, 3.63) is 35.9 Å². The Balaban J connectivity index is 3.07. The van der Waals surface area contributed by atoms with Crippen LogP contribution in [0.4, 0.5) is 0 Å². The normalized spacial score (nSPS) is 13.0. The standard InChI is InChI=1S/C11H13I2N/c1-11(2,8-12)10(14-13)9-6-4-3-5-7-9/h3-7H,8H2,1-2H3/b14-10+. The van der Waals surface area contributed by atoms with Crippen LogP contribution in [0.1, 0.15) is 19.4 Å². The van der Waals surface area contributed by atoms with Gasteiger partial charge in [0.15, 0.2) is 0 Å². The maximum Gasteiger partial charge on any atom is 0.0834 e. The van der Waals surface area contributed by atoms with Gasteiger partial charge in [0, 0.05) is 9.84 Å². The molecule has 0 aliphatic carbocycles. The molecule has 0 amide bonds. The first kappa shape index (κ1) is 12.4. The highest BCUT2D eigenvalue weighted by Gasteiger charge is 2.24. The van der Waals surface area contributed by atoms with Gasteiger partial charge in [-0.3, -0.25) is 0 Å². The predicted molar refractivity (Wildman–Crippen MR) is 79.7 cm³/mol. The van der Waals surface area contributed by atoms with Crippen molar-refractivity contribution in [2.24, 2.45) is 8.62 Å². The van der Waals surface area contributed by atoms with E-state index < -0.39 is 0 Å². The quantitative estimate of drug-likeness (QED) is 0.399. The Morgan fingerprint density at radius 1 is 1.29 bits per heavy atom. The summed E-state index contributed by atoms with van der Waals surface area (Å²) in [6.07, 6.45) is 0. The average Bonchev–Trinajstić information content (AvgIpc) is 2.20. The minimum atomic E-state index is 0.142. The van der Waals surface area contributed by atoms with Crippen LogP contribution in [0.3, 0.4) is 0 Å². The number of nitrogens with zero attached hydrogens (tertiary/aromatic N) is 1. The molecule has 14 heavy (non-hydrogen) atoms. The zero-order valence-corrected chi connectivity index (χ0v) is 12.6. The number of benzene rings is 1. The van der Waals surface area contributed by atoms with E-state index in [-0.39, 0.29) is 5.41 Å².